The van der Waals surface area contributed by atoms with Gasteiger partial charge in [-0.2, -0.15) is 0 Å². The highest BCUT2D eigenvalue weighted by atomic mass is 16.6. The minimum absolute atomic E-state index is 0.361. The van der Waals surface area contributed by atoms with Crippen molar-refractivity contribution in [1.29, 1.82) is 0 Å². The number of rotatable bonds is 0. The van der Waals surface area contributed by atoms with Gasteiger partial charge in [-0.15, -0.1) is 0 Å². The molecule has 3 saturated carbocycles. The molecule has 0 N–H and O–H groups in total. The monoisotopic (exact) mass is 136 g/mol. The number of ketones is 1. The molecule has 6 atom stereocenters. The summed E-state index contributed by atoms with van der Waals surface area (Å²) in [6, 6.07) is 0. The molecule has 0 radical (unpaired) electrons. The van der Waals surface area contributed by atoms with Crippen LogP contribution in [0.3, 0.4) is 0 Å². The van der Waals surface area contributed by atoms with Crippen LogP contribution >= 0.6 is 0 Å². The molecule has 6 unspecified atom stereocenters. The van der Waals surface area contributed by atoms with E-state index in [2.05, 4.69) is 0 Å². The van der Waals surface area contributed by atoms with E-state index in [4.69, 9.17) is 4.74 Å². The zero-order valence-electron chi connectivity index (χ0n) is 5.49. The number of hydrogen-bond acceptors (Lipinski definition) is 2. The fraction of sp³-hybridized carbons (Fsp3) is 0.875. The first kappa shape index (κ1) is 4.50. The first-order valence-corrected chi connectivity index (χ1v) is 4.07. The maximum atomic E-state index is 11.4. The van der Waals surface area contributed by atoms with E-state index in [1.165, 1.54) is 6.42 Å². The Hall–Kier alpha value is -0.370. The number of fused-ring (bicyclic) bond motifs is 8. The Balaban J connectivity index is 1.95. The third-order valence-electron chi connectivity index (χ3n) is 3.74. The van der Waals surface area contributed by atoms with Crippen LogP contribution in [0, 0.1) is 23.7 Å². The van der Waals surface area contributed by atoms with Gasteiger partial charge in [0.25, 0.3) is 0 Å². The summed E-state index contributed by atoms with van der Waals surface area (Å²) in [5.74, 6) is 2.80. The van der Waals surface area contributed by atoms with E-state index < -0.39 is 0 Å². The van der Waals surface area contributed by atoms with E-state index in [9.17, 15) is 4.79 Å². The third-order valence-corrected chi connectivity index (χ3v) is 3.74. The molecular weight excluding hydrogens is 128 g/mol. The molecule has 4 fully saturated rings. The van der Waals surface area contributed by atoms with E-state index >= 15 is 0 Å². The largest absolute Gasteiger partial charge is 0.368 e. The molecule has 1 aliphatic heterocycles. The zero-order valence-corrected chi connectivity index (χ0v) is 5.49. The molecule has 3 aliphatic carbocycles. The van der Waals surface area contributed by atoms with Crippen molar-refractivity contribution < 1.29 is 9.53 Å². The van der Waals surface area contributed by atoms with Gasteiger partial charge in [-0.05, 0) is 18.3 Å². The van der Waals surface area contributed by atoms with Crippen LogP contribution in [0.5, 0.6) is 0 Å². The van der Waals surface area contributed by atoms with Crippen LogP contribution in [0.2, 0.25) is 0 Å². The van der Waals surface area contributed by atoms with Crippen LogP contribution in [-0.4, -0.2) is 18.0 Å². The van der Waals surface area contributed by atoms with Crippen molar-refractivity contribution in [2.45, 2.75) is 18.6 Å². The molecule has 4 aliphatic rings. The Kier molecular flexibility index (Phi) is 0.441. The number of Topliss-reactive ketones (excluding diaryl/α,β-unsaturated/α-hetero) is 1. The number of hydrogen-bond donors (Lipinski definition) is 0. The Morgan fingerprint density at radius 3 is 2.30 bits per heavy atom. The molecule has 0 amide bonds. The van der Waals surface area contributed by atoms with Gasteiger partial charge >= 0.3 is 0 Å². The molecule has 1 heterocycles. The molecule has 4 rings (SSSR count). The van der Waals surface area contributed by atoms with Crippen LogP contribution in [0.4, 0.5) is 0 Å². The predicted octanol–water partition coefficient (Wildman–Crippen LogP) is 0.219. The average Bonchev–Trinajstić information content (AvgIpc) is 2.71. The van der Waals surface area contributed by atoms with Crippen molar-refractivity contribution in [2.24, 2.45) is 23.7 Å². The summed E-state index contributed by atoms with van der Waals surface area (Å²) in [6.45, 7) is 0. The van der Waals surface area contributed by atoms with Crippen LogP contribution in [0.25, 0.3) is 0 Å². The molecule has 0 spiro atoms. The van der Waals surface area contributed by atoms with Crippen molar-refractivity contribution >= 4 is 5.78 Å². The van der Waals surface area contributed by atoms with Gasteiger partial charge in [0.1, 0.15) is 5.78 Å². The Morgan fingerprint density at radius 1 is 1.20 bits per heavy atom. The van der Waals surface area contributed by atoms with Crippen molar-refractivity contribution in [3.63, 3.8) is 0 Å². The zero-order chi connectivity index (χ0) is 6.46. The molecule has 0 aromatic heterocycles. The molecule has 52 valence electrons. The van der Waals surface area contributed by atoms with Crippen molar-refractivity contribution in [3.8, 4) is 0 Å². The number of carbonyl (C=O) groups is 1. The van der Waals surface area contributed by atoms with Crippen LogP contribution in [0.15, 0.2) is 0 Å². The highest BCUT2D eigenvalue weighted by molar-refractivity contribution is 5.93. The van der Waals surface area contributed by atoms with Crippen molar-refractivity contribution in [2.75, 3.05) is 0 Å². The van der Waals surface area contributed by atoms with Crippen LogP contribution in [-0.2, 0) is 9.53 Å². The smallest absolute Gasteiger partial charge is 0.145 e. The van der Waals surface area contributed by atoms with E-state index in [0.29, 0.717) is 29.8 Å². The summed E-state index contributed by atoms with van der Waals surface area (Å²) < 4.78 is 5.39. The van der Waals surface area contributed by atoms with Gasteiger partial charge in [0.2, 0.25) is 0 Å². The van der Waals surface area contributed by atoms with E-state index in [-0.39, 0.29) is 0 Å². The van der Waals surface area contributed by atoms with Crippen molar-refractivity contribution in [3.05, 3.63) is 0 Å². The lowest BCUT2D eigenvalue weighted by Crippen LogP contribution is -2.16. The van der Waals surface area contributed by atoms with Gasteiger partial charge < -0.3 is 4.74 Å². The summed E-state index contributed by atoms with van der Waals surface area (Å²) in [7, 11) is 0. The maximum absolute atomic E-state index is 11.4. The molecule has 2 heteroatoms. The molecule has 0 aromatic carbocycles. The first-order chi connectivity index (χ1) is 4.88. The second kappa shape index (κ2) is 0.981. The van der Waals surface area contributed by atoms with Gasteiger partial charge in [-0.1, -0.05) is 0 Å². The summed E-state index contributed by atoms with van der Waals surface area (Å²) in [5, 5.41) is 0. The molecule has 0 aromatic rings. The highest BCUT2D eigenvalue weighted by Gasteiger charge is 2.77. The lowest BCUT2D eigenvalue weighted by atomic mass is 10.0. The topological polar surface area (TPSA) is 29.6 Å². The SMILES string of the molecule is O=C1C2C3CC3C1C1OC12. The maximum Gasteiger partial charge on any atom is 0.145 e. The number of ether oxygens (including phenoxy) is 1. The molecule has 2 bridgehead atoms. The second-order valence-corrected chi connectivity index (χ2v) is 4.08. The number of carbonyl (C=O) groups excluding carboxylic acids is 1. The molecule has 2 nitrogen and oxygen atoms in total. The Bertz CT molecular complexity index is 208. The first-order valence-electron chi connectivity index (χ1n) is 4.07. The van der Waals surface area contributed by atoms with Gasteiger partial charge in [0.05, 0.1) is 24.0 Å². The van der Waals surface area contributed by atoms with Gasteiger partial charge in [0.15, 0.2) is 0 Å². The highest BCUT2D eigenvalue weighted by Crippen LogP contribution is 2.69. The van der Waals surface area contributed by atoms with E-state index in [1.54, 1.807) is 0 Å². The Labute approximate surface area is 58.5 Å². The van der Waals surface area contributed by atoms with E-state index in [1.807, 2.05) is 0 Å². The van der Waals surface area contributed by atoms with Crippen LogP contribution < -0.4 is 0 Å². The lowest BCUT2D eigenvalue weighted by molar-refractivity contribution is -0.125. The average molecular weight is 136 g/mol. The fourth-order valence-corrected chi connectivity index (χ4v) is 3.23. The van der Waals surface area contributed by atoms with Crippen LogP contribution in [0.1, 0.15) is 6.42 Å². The van der Waals surface area contributed by atoms with Gasteiger partial charge in [0, 0.05) is 0 Å². The Morgan fingerprint density at radius 2 is 1.80 bits per heavy atom. The normalized spacial score (nSPS) is 73.4. The summed E-state index contributed by atoms with van der Waals surface area (Å²) in [4.78, 5) is 11.4. The molecule has 10 heavy (non-hydrogen) atoms. The van der Waals surface area contributed by atoms with Gasteiger partial charge in [-0.25, -0.2) is 0 Å². The minimum atomic E-state index is 0.361. The van der Waals surface area contributed by atoms with Gasteiger partial charge in [-0.3, -0.25) is 4.79 Å². The molecular formula is C8H8O2. The summed E-state index contributed by atoms with van der Waals surface area (Å²) in [6.07, 6.45) is 2.11. The molecule has 1 saturated heterocycles. The standard InChI is InChI=1S/C8H8O2/c9-6-4-2-1-3(2)5(6)8-7(4)10-8/h2-5,7-8H,1H2. The number of epoxide rings is 1. The second-order valence-electron chi connectivity index (χ2n) is 4.08. The van der Waals surface area contributed by atoms with E-state index in [0.717, 1.165) is 11.8 Å². The third kappa shape index (κ3) is 0.264. The predicted molar refractivity (Wildman–Crippen MR) is 32.2 cm³/mol. The lowest BCUT2D eigenvalue weighted by Gasteiger charge is -2.03. The fourth-order valence-electron chi connectivity index (χ4n) is 3.23. The van der Waals surface area contributed by atoms with Crippen molar-refractivity contribution in [1.82, 2.24) is 0 Å². The minimum Gasteiger partial charge on any atom is -0.368 e. The summed E-state index contributed by atoms with van der Waals surface area (Å²) >= 11 is 0. The summed E-state index contributed by atoms with van der Waals surface area (Å²) in [5.41, 5.74) is 0. The quantitative estimate of drug-likeness (QED) is 0.446.